The van der Waals surface area contributed by atoms with Crippen molar-refractivity contribution in [3.8, 4) is 0 Å². The van der Waals surface area contributed by atoms with Crippen molar-refractivity contribution in [1.29, 1.82) is 0 Å². The normalized spacial score (nSPS) is 19.5. The zero-order valence-corrected chi connectivity index (χ0v) is 20.3. The second-order valence-electron chi connectivity index (χ2n) is 9.09. The molecule has 6 nitrogen and oxygen atoms in total. The summed E-state index contributed by atoms with van der Waals surface area (Å²) in [6.45, 7) is 7.41. The zero-order chi connectivity index (χ0) is 21.5. The van der Waals surface area contributed by atoms with Crippen LogP contribution < -0.4 is 0 Å². The molecule has 0 spiro atoms. The number of piperidine rings is 1. The van der Waals surface area contributed by atoms with Gasteiger partial charge in [0.1, 0.15) is 10.7 Å². The summed E-state index contributed by atoms with van der Waals surface area (Å²) >= 11 is 3.35. The first-order valence-electron chi connectivity index (χ1n) is 11.7. The summed E-state index contributed by atoms with van der Waals surface area (Å²) in [5, 5.41) is 11.2. The second-order valence-corrected chi connectivity index (χ2v) is 11.1. The van der Waals surface area contributed by atoms with E-state index >= 15 is 0 Å². The molecule has 0 aromatic carbocycles. The molecule has 5 rings (SSSR count). The SMILES string of the molecule is CC[C@@H]1CCCCN1C(=O)CSc1nnc2c3c4c(sc3nc(C(C)C)n12)CCCC4. The van der Waals surface area contributed by atoms with E-state index in [1.807, 2.05) is 11.3 Å². The highest BCUT2D eigenvalue weighted by molar-refractivity contribution is 7.99. The first kappa shape index (κ1) is 21.2. The van der Waals surface area contributed by atoms with Crippen molar-refractivity contribution in [3.63, 3.8) is 0 Å². The minimum atomic E-state index is 0.223. The first-order chi connectivity index (χ1) is 15.1. The fraction of sp³-hybridized carbons (Fsp3) is 0.652. The number of thiophene rings is 1. The van der Waals surface area contributed by atoms with Crippen LogP contribution in [0.1, 0.15) is 81.5 Å². The van der Waals surface area contributed by atoms with Gasteiger partial charge < -0.3 is 4.90 Å². The maximum absolute atomic E-state index is 13.0. The van der Waals surface area contributed by atoms with E-state index in [9.17, 15) is 4.79 Å². The first-order valence-corrected chi connectivity index (χ1v) is 13.5. The van der Waals surface area contributed by atoms with Crippen LogP contribution in [0.4, 0.5) is 0 Å². The molecule has 3 aromatic heterocycles. The van der Waals surface area contributed by atoms with Gasteiger partial charge in [-0.25, -0.2) is 4.98 Å². The number of fused-ring (bicyclic) bond motifs is 5. The Balaban J connectivity index is 1.50. The second kappa shape index (κ2) is 8.70. The molecule has 31 heavy (non-hydrogen) atoms. The number of thioether (sulfide) groups is 1. The Kier molecular flexibility index (Phi) is 5.94. The number of aryl methyl sites for hydroxylation is 2. The van der Waals surface area contributed by atoms with E-state index in [1.165, 1.54) is 46.9 Å². The van der Waals surface area contributed by atoms with Crippen molar-refractivity contribution in [2.24, 2.45) is 0 Å². The number of aromatic nitrogens is 4. The summed E-state index contributed by atoms with van der Waals surface area (Å²) in [5.74, 6) is 1.88. The van der Waals surface area contributed by atoms with Gasteiger partial charge in [-0.1, -0.05) is 32.5 Å². The van der Waals surface area contributed by atoms with Gasteiger partial charge in [0.15, 0.2) is 10.8 Å². The van der Waals surface area contributed by atoms with E-state index in [0.717, 1.165) is 60.1 Å². The molecule has 0 saturated carbocycles. The Labute approximate surface area is 191 Å². The summed E-state index contributed by atoms with van der Waals surface area (Å²) < 4.78 is 2.13. The van der Waals surface area contributed by atoms with E-state index in [0.29, 0.717) is 11.8 Å². The van der Waals surface area contributed by atoms with E-state index < -0.39 is 0 Å². The molecule has 1 fully saturated rings. The summed E-state index contributed by atoms with van der Waals surface area (Å²) in [4.78, 5) is 22.8. The van der Waals surface area contributed by atoms with Crippen molar-refractivity contribution in [1.82, 2.24) is 24.5 Å². The maximum atomic E-state index is 13.0. The van der Waals surface area contributed by atoms with Gasteiger partial charge in [0.2, 0.25) is 5.91 Å². The maximum Gasteiger partial charge on any atom is 0.233 e. The Hall–Kier alpha value is -1.67. The molecule has 0 N–H and O–H groups in total. The van der Waals surface area contributed by atoms with E-state index in [4.69, 9.17) is 4.98 Å². The molecule has 8 heteroatoms. The lowest BCUT2D eigenvalue weighted by atomic mass is 9.97. The highest BCUT2D eigenvalue weighted by Crippen LogP contribution is 2.39. The van der Waals surface area contributed by atoms with Crippen molar-refractivity contribution in [2.75, 3.05) is 12.3 Å². The molecule has 1 amide bonds. The number of nitrogens with zero attached hydrogens (tertiary/aromatic N) is 5. The third kappa shape index (κ3) is 3.75. The molecule has 1 saturated heterocycles. The number of amides is 1. The summed E-state index contributed by atoms with van der Waals surface area (Å²) in [6.07, 6.45) is 9.26. The molecule has 2 aliphatic rings. The summed E-state index contributed by atoms with van der Waals surface area (Å²) in [6, 6.07) is 0.391. The number of rotatable bonds is 5. The Morgan fingerprint density at radius 3 is 2.84 bits per heavy atom. The summed E-state index contributed by atoms with van der Waals surface area (Å²) in [5.41, 5.74) is 2.35. The third-order valence-corrected chi connectivity index (χ3v) is 8.81. The van der Waals surface area contributed by atoms with Crippen LogP contribution in [0.25, 0.3) is 15.9 Å². The van der Waals surface area contributed by atoms with Crippen LogP contribution in [-0.2, 0) is 17.6 Å². The van der Waals surface area contributed by atoms with Crippen LogP contribution in [0.5, 0.6) is 0 Å². The molecule has 1 aliphatic heterocycles. The van der Waals surface area contributed by atoms with Crippen molar-refractivity contribution >= 4 is 44.9 Å². The molecule has 1 aliphatic carbocycles. The van der Waals surface area contributed by atoms with E-state index in [-0.39, 0.29) is 11.8 Å². The summed E-state index contributed by atoms with van der Waals surface area (Å²) in [7, 11) is 0. The minimum absolute atomic E-state index is 0.223. The van der Waals surface area contributed by atoms with Crippen LogP contribution in [0, 0.1) is 0 Å². The van der Waals surface area contributed by atoms with Crippen LogP contribution in [0.15, 0.2) is 5.16 Å². The smallest absolute Gasteiger partial charge is 0.233 e. The van der Waals surface area contributed by atoms with E-state index in [1.54, 1.807) is 0 Å². The molecule has 0 unspecified atom stereocenters. The monoisotopic (exact) mass is 457 g/mol. The third-order valence-electron chi connectivity index (χ3n) is 6.71. The number of likely N-dealkylation sites (tertiary alicyclic amines) is 1. The minimum Gasteiger partial charge on any atom is -0.339 e. The number of carbonyl (C=O) groups excluding carboxylic acids is 1. The standard InChI is InChI=1S/C23H31N5OS2/c1-4-15-9-7-8-12-27(15)18(29)13-30-23-26-25-21-19-16-10-5-6-11-17(16)31-22(19)24-20(14(2)3)28(21)23/h14-15H,4-13H2,1-3H3/t15-/m1/s1. The van der Waals surface area contributed by atoms with E-state index in [2.05, 4.69) is 40.3 Å². The zero-order valence-electron chi connectivity index (χ0n) is 18.7. The van der Waals surface area contributed by atoms with Crippen LogP contribution in [0.3, 0.4) is 0 Å². The number of hydrogen-bond acceptors (Lipinski definition) is 6. The molecule has 0 bridgehead atoms. The van der Waals surface area contributed by atoms with Gasteiger partial charge >= 0.3 is 0 Å². The number of hydrogen-bond donors (Lipinski definition) is 0. The van der Waals surface area contributed by atoms with Gasteiger partial charge in [-0.3, -0.25) is 9.20 Å². The molecule has 166 valence electrons. The average Bonchev–Trinajstić information content (AvgIpc) is 3.37. The topological polar surface area (TPSA) is 63.4 Å². The van der Waals surface area contributed by atoms with Gasteiger partial charge in [-0.2, -0.15) is 0 Å². The molecule has 3 aromatic rings. The average molecular weight is 458 g/mol. The lowest BCUT2D eigenvalue weighted by Crippen LogP contribution is -2.44. The lowest BCUT2D eigenvalue weighted by Gasteiger charge is -2.35. The van der Waals surface area contributed by atoms with Crippen LogP contribution in [0.2, 0.25) is 0 Å². The van der Waals surface area contributed by atoms with Gasteiger partial charge in [0, 0.05) is 23.4 Å². The van der Waals surface area contributed by atoms with Crippen molar-refractivity contribution in [3.05, 3.63) is 16.3 Å². The predicted molar refractivity (Wildman–Crippen MR) is 127 cm³/mol. The van der Waals surface area contributed by atoms with Gasteiger partial charge in [0.05, 0.1) is 11.1 Å². The van der Waals surface area contributed by atoms with Gasteiger partial charge in [-0.05, 0) is 56.9 Å². The molecular weight excluding hydrogens is 426 g/mol. The largest absolute Gasteiger partial charge is 0.339 e. The van der Waals surface area contributed by atoms with Gasteiger partial charge in [0.25, 0.3) is 0 Å². The molecular formula is C23H31N5OS2. The molecule has 4 heterocycles. The Bertz CT molecular complexity index is 1120. The van der Waals surface area contributed by atoms with Crippen molar-refractivity contribution in [2.45, 2.75) is 89.3 Å². The highest BCUT2D eigenvalue weighted by Gasteiger charge is 2.27. The Morgan fingerprint density at radius 1 is 1.19 bits per heavy atom. The van der Waals surface area contributed by atoms with Crippen LogP contribution in [-0.4, -0.2) is 48.7 Å². The van der Waals surface area contributed by atoms with Gasteiger partial charge in [-0.15, -0.1) is 21.5 Å². The quantitative estimate of drug-likeness (QED) is 0.491. The molecule has 1 atom stereocenters. The number of carbonyl (C=O) groups is 1. The predicted octanol–water partition coefficient (Wildman–Crippen LogP) is 5.22. The van der Waals surface area contributed by atoms with Crippen LogP contribution >= 0.6 is 23.1 Å². The lowest BCUT2D eigenvalue weighted by molar-refractivity contribution is -0.132. The molecule has 0 radical (unpaired) electrons. The Morgan fingerprint density at radius 2 is 2.03 bits per heavy atom. The fourth-order valence-corrected chi connectivity index (χ4v) is 7.19. The van der Waals surface area contributed by atoms with Crippen molar-refractivity contribution < 1.29 is 4.79 Å². The highest BCUT2D eigenvalue weighted by atomic mass is 32.2. The fourth-order valence-electron chi connectivity index (χ4n) is 5.10.